The number of halogens is 3. The van der Waals surface area contributed by atoms with Crippen molar-refractivity contribution in [3.05, 3.63) is 82.1 Å². The molecule has 2 aromatic carbocycles. The van der Waals surface area contributed by atoms with Crippen molar-refractivity contribution in [3.8, 4) is 12.1 Å². The second-order valence-corrected chi connectivity index (χ2v) is 8.33. The number of aliphatic hydroxyl groups excluding tert-OH is 1. The van der Waals surface area contributed by atoms with Crippen molar-refractivity contribution in [3.63, 3.8) is 0 Å². The molecule has 0 heterocycles. The van der Waals surface area contributed by atoms with Crippen LogP contribution < -0.4 is 0 Å². The van der Waals surface area contributed by atoms with Crippen LogP contribution in [-0.4, -0.2) is 31.3 Å². The number of benzene rings is 2. The zero-order chi connectivity index (χ0) is 26.8. The Labute approximate surface area is 205 Å². The predicted octanol–water partition coefficient (Wildman–Crippen LogP) is 4.70. The van der Waals surface area contributed by atoms with Crippen LogP contribution in [0.3, 0.4) is 0 Å². The fraction of sp³-hybridized carbons (Fsp3) is 0.308. The minimum absolute atomic E-state index is 0.212. The topological polar surface area (TPSA) is 120 Å². The van der Waals surface area contributed by atoms with Crippen LogP contribution in [0.1, 0.15) is 34.1 Å². The van der Waals surface area contributed by atoms with Crippen LogP contribution >= 0.6 is 0 Å². The van der Waals surface area contributed by atoms with Crippen LogP contribution in [0.5, 0.6) is 0 Å². The van der Waals surface area contributed by atoms with E-state index in [0.717, 1.165) is 31.9 Å². The molecule has 0 aromatic heterocycles. The number of rotatable bonds is 4. The molecule has 0 fully saturated rings. The monoisotopic (exact) mass is 498 g/mol. The molecule has 0 aliphatic heterocycles. The summed E-state index contributed by atoms with van der Waals surface area (Å²) in [6.07, 6.45) is -4.77. The highest BCUT2D eigenvalue weighted by atomic mass is 19.4. The molecule has 10 heteroatoms. The molecule has 0 saturated carbocycles. The van der Waals surface area contributed by atoms with Gasteiger partial charge >= 0.3 is 18.1 Å². The Balaban J connectivity index is 2.49. The minimum atomic E-state index is -4.77. The number of aliphatic hydroxyl groups is 1. The lowest BCUT2D eigenvalue weighted by atomic mass is 9.54. The zero-order valence-electron chi connectivity index (χ0n) is 19.5. The van der Waals surface area contributed by atoms with Gasteiger partial charge in [0.25, 0.3) is 0 Å². The molecule has 0 bridgehead atoms. The van der Waals surface area contributed by atoms with Crippen LogP contribution in [0.4, 0.5) is 13.2 Å². The number of hydrogen-bond acceptors (Lipinski definition) is 7. The highest BCUT2D eigenvalue weighted by molar-refractivity contribution is 5.94. The number of alkyl halides is 3. The van der Waals surface area contributed by atoms with Gasteiger partial charge in [0, 0.05) is 5.92 Å². The maximum atomic E-state index is 13.5. The van der Waals surface area contributed by atoms with Gasteiger partial charge in [0.15, 0.2) is 5.41 Å². The minimum Gasteiger partial charge on any atom is -0.511 e. The van der Waals surface area contributed by atoms with Gasteiger partial charge in [-0.3, -0.25) is 4.79 Å². The fourth-order valence-electron chi connectivity index (χ4n) is 4.70. The third-order valence-corrected chi connectivity index (χ3v) is 6.35. The highest BCUT2D eigenvalue weighted by Gasteiger charge is 2.61. The molecule has 7 nitrogen and oxygen atoms in total. The van der Waals surface area contributed by atoms with Crippen LogP contribution in [0.25, 0.3) is 0 Å². The van der Waals surface area contributed by atoms with Gasteiger partial charge in [-0.05, 0) is 24.1 Å². The Morgan fingerprint density at radius 3 is 2.11 bits per heavy atom. The number of esters is 2. The summed E-state index contributed by atoms with van der Waals surface area (Å²) in [4.78, 5) is 25.8. The predicted molar refractivity (Wildman–Crippen MR) is 119 cm³/mol. The zero-order valence-corrected chi connectivity index (χ0v) is 19.5. The Bertz CT molecular complexity index is 1290. The van der Waals surface area contributed by atoms with Gasteiger partial charge in [-0.25, -0.2) is 4.79 Å². The van der Waals surface area contributed by atoms with E-state index >= 15 is 0 Å². The lowest BCUT2D eigenvalue weighted by molar-refractivity contribution is -0.147. The number of aryl methyl sites for hydroxylation is 1. The van der Waals surface area contributed by atoms with E-state index in [1.807, 2.05) is 12.1 Å². The quantitative estimate of drug-likeness (QED) is 0.607. The van der Waals surface area contributed by atoms with Gasteiger partial charge in [-0.2, -0.15) is 23.7 Å². The molecule has 1 aliphatic carbocycles. The molecule has 1 aliphatic rings. The highest BCUT2D eigenvalue weighted by Crippen LogP contribution is 2.59. The Morgan fingerprint density at radius 2 is 1.61 bits per heavy atom. The van der Waals surface area contributed by atoms with Crippen molar-refractivity contribution < 1.29 is 37.3 Å². The summed E-state index contributed by atoms with van der Waals surface area (Å²) in [5.74, 6) is -8.04. The van der Waals surface area contributed by atoms with Crippen molar-refractivity contribution in [1.82, 2.24) is 0 Å². The summed E-state index contributed by atoms with van der Waals surface area (Å²) in [5.41, 5.74) is -3.09. The molecule has 1 N–H and O–H groups in total. The molecule has 0 radical (unpaired) electrons. The summed E-state index contributed by atoms with van der Waals surface area (Å²) in [5, 5.41) is 32.1. The normalized spacial score (nSPS) is 21.2. The van der Waals surface area contributed by atoms with Gasteiger partial charge in [-0.1, -0.05) is 48.0 Å². The van der Waals surface area contributed by atoms with E-state index in [-0.39, 0.29) is 11.1 Å². The third-order valence-electron chi connectivity index (χ3n) is 6.35. The van der Waals surface area contributed by atoms with Crippen LogP contribution in [-0.2, 0) is 25.2 Å². The molecule has 3 rings (SSSR count). The van der Waals surface area contributed by atoms with Crippen molar-refractivity contribution in [1.29, 1.82) is 10.5 Å². The summed E-state index contributed by atoms with van der Waals surface area (Å²) in [6.45, 7) is 1.78. The van der Waals surface area contributed by atoms with Crippen molar-refractivity contribution in [2.24, 2.45) is 11.3 Å². The summed E-state index contributed by atoms with van der Waals surface area (Å²) in [6, 6.07) is 13.9. The Kier molecular flexibility index (Phi) is 7.12. The number of carbonyl (C=O) groups excluding carboxylic acids is 2. The fourth-order valence-corrected chi connectivity index (χ4v) is 4.70. The maximum Gasteiger partial charge on any atom is 0.416 e. The Hall–Kier alpha value is -4.31. The molecular weight excluding hydrogens is 477 g/mol. The molecule has 0 spiro atoms. The number of hydrogen-bond donors (Lipinski definition) is 1. The molecular formula is C26H21F3N2O5. The number of methoxy groups -OCH3 is 2. The van der Waals surface area contributed by atoms with E-state index in [9.17, 15) is 38.4 Å². The molecule has 3 atom stereocenters. The number of nitriles is 2. The maximum absolute atomic E-state index is 13.5. The second-order valence-electron chi connectivity index (χ2n) is 8.33. The van der Waals surface area contributed by atoms with Crippen molar-refractivity contribution in [2.45, 2.75) is 24.9 Å². The molecule has 36 heavy (non-hydrogen) atoms. The largest absolute Gasteiger partial charge is 0.511 e. The second kappa shape index (κ2) is 9.74. The first-order chi connectivity index (χ1) is 17.0. The average molecular weight is 498 g/mol. The molecule has 0 amide bonds. The Morgan fingerprint density at radius 1 is 1.00 bits per heavy atom. The first kappa shape index (κ1) is 26.3. The van der Waals surface area contributed by atoms with Crippen molar-refractivity contribution >= 4 is 11.9 Å². The van der Waals surface area contributed by atoms with E-state index < -0.39 is 58.2 Å². The van der Waals surface area contributed by atoms with Gasteiger partial charge < -0.3 is 14.6 Å². The first-order valence-corrected chi connectivity index (χ1v) is 10.6. The standard InChI is InChI=1S/C26H21F3N2O5/c1-14-7-9-15(10-8-14)20-18(23(33)35-2)22(32)19(24(34)36-3)21(25(20,12-30)13-31)16-5-4-6-17(11-16)26(27,28)29/h4-11,19-21,32H,1-3H3/t19-,20+,21+/m1/s1. The van der Waals surface area contributed by atoms with E-state index in [4.69, 9.17) is 9.47 Å². The summed E-state index contributed by atoms with van der Waals surface area (Å²) < 4.78 is 50.2. The SMILES string of the molecule is COC(=O)C1=C(O)[C@H](C(=O)OC)[C@H](c2cccc(C(F)(F)F)c2)C(C#N)(C#N)[C@H]1c1ccc(C)cc1. The van der Waals surface area contributed by atoms with Crippen molar-refractivity contribution in [2.75, 3.05) is 14.2 Å². The van der Waals surface area contributed by atoms with Crippen LogP contribution in [0.2, 0.25) is 0 Å². The van der Waals surface area contributed by atoms with Crippen LogP contribution in [0.15, 0.2) is 59.9 Å². The lowest BCUT2D eigenvalue weighted by Gasteiger charge is -2.44. The van der Waals surface area contributed by atoms with E-state index in [2.05, 4.69) is 0 Å². The average Bonchev–Trinajstić information content (AvgIpc) is 2.87. The summed E-state index contributed by atoms with van der Waals surface area (Å²) in [7, 11) is 1.99. The van der Waals surface area contributed by atoms with E-state index in [1.54, 1.807) is 19.1 Å². The van der Waals surface area contributed by atoms with E-state index in [1.165, 1.54) is 18.2 Å². The van der Waals surface area contributed by atoms with Crippen LogP contribution in [0, 0.1) is 40.9 Å². The van der Waals surface area contributed by atoms with E-state index in [0.29, 0.717) is 6.07 Å². The smallest absolute Gasteiger partial charge is 0.416 e. The summed E-state index contributed by atoms with van der Waals surface area (Å²) >= 11 is 0. The first-order valence-electron chi connectivity index (χ1n) is 10.6. The third kappa shape index (κ3) is 4.27. The molecule has 0 saturated heterocycles. The number of carbonyl (C=O) groups is 2. The van der Waals surface area contributed by atoms with Gasteiger partial charge in [0.05, 0.1) is 43.4 Å². The van der Waals surface area contributed by atoms with Gasteiger partial charge in [-0.15, -0.1) is 0 Å². The lowest BCUT2D eigenvalue weighted by Crippen LogP contribution is -2.47. The molecule has 2 aromatic rings. The number of ether oxygens (including phenoxy) is 2. The van der Waals surface area contributed by atoms with Gasteiger partial charge in [0.2, 0.25) is 0 Å². The van der Waals surface area contributed by atoms with Gasteiger partial charge in [0.1, 0.15) is 11.7 Å². The molecule has 186 valence electrons. The number of nitrogens with zero attached hydrogens (tertiary/aromatic N) is 2. The molecule has 0 unspecified atom stereocenters.